The maximum absolute atomic E-state index is 5.68. The minimum atomic E-state index is 0.449. The van der Waals surface area contributed by atoms with E-state index in [0.29, 0.717) is 6.04 Å². The number of nitrogens with two attached hydrogens (primary N) is 1. The highest BCUT2D eigenvalue weighted by Gasteiger charge is 2.25. The largest absolute Gasteiger partial charge is 0.381 e. The van der Waals surface area contributed by atoms with Gasteiger partial charge in [-0.1, -0.05) is 33.1 Å². The molecule has 102 valence electrons. The van der Waals surface area contributed by atoms with Gasteiger partial charge in [0.05, 0.1) is 0 Å². The number of ether oxygens (including phenoxy) is 1. The minimum absolute atomic E-state index is 0.449. The summed E-state index contributed by atoms with van der Waals surface area (Å²) in [6.45, 7) is 6.17. The van der Waals surface area contributed by atoms with E-state index in [1.54, 1.807) is 0 Å². The quantitative estimate of drug-likeness (QED) is 0.391. The molecule has 1 atom stereocenters. The number of hydrazine groups is 1. The fourth-order valence-electron chi connectivity index (χ4n) is 2.91. The van der Waals surface area contributed by atoms with Gasteiger partial charge in [-0.15, -0.1) is 0 Å². The molecular weight excluding hydrogens is 212 g/mol. The maximum atomic E-state index is 5.68. The topological polar surface area (TPSA) is 47.3 Å². The summed E-state index contributed by atoms with van der Waals surface area (Å²) in [5.74, 6) is 7.40. The van der Waals surface area contributed by atoms with Gasteiger partial charge in [0, 0.05) is 19.3 Å². The van der Waals surface area contributed by atoms with E-state index in [9.17, 15) is 0 Å². The third-order valence-electron chi connectivity index (χ3n) is 4.17. The van der Waals surface area contributed by atoms with Crippen LogP contribution in [0, 0.1) is 11.8 Å². The molecular formula is C14H30N2O. The van der Waals surface area contributed by atoms with Crippen LogP contribution in [0.1, 0.15) is 58.8 Å². The molecule has 1 saturated carbocycles. The van der Waals surface area contributed by atoms with Crippen molar-refractivity contribution in [3.05, 3.63) is 0 Å². The smallest absolute Gasteiger partial charge is 0.0481 e. The first kappa shape index (κ1) is 14.9. The van der Waals surface area contributed by atoms with E-state index < -0.39 is 0 Å². The Morgan fingerprint density at radius 3 is 2.41 bits per heavy atom. The van der Waals surface area contributed by atoms with Crippen LogP contribution >= 0.6 is 0 Å². The molecule has 0 heterocycles. The Balaban J connectivity index is 2.21. The lowest BCUT2D eigenvalue weighted by molar-refractivity contribution is 0.109. The zero-order chi connectivity index (χ0) is 12.5. The number of hydrogen-bond donors (Lipinski definition) is 2. The summed E-state index contributed by atoms with van der Waals surface area (Å²) in [4.78, 5) is 0. The molecule has 0 aromatic heterocycles. The molecule has 0 aromatic rings. The molecule has 3 N–H and O–H groups in total. The van der Waals surface area contributed by atoms with Crippen molar-refractivity contribution in [2.45, 2.75) is 64.8 Å². The van der Waals surface area contributed by atoms with Crippen LogP contribution in [0.5, 0.6) is 0 Å². The summed E-state index contributed by atoms with van der Waals surface area (Å²) < 4.78 is 5.55. The van der Waals surface area contributed by atoms with E-state index in [0.717, 1.165) is 37.9 Å². The Morgan fingerprint density at radius 1 is 1.18 bits per heavy atom. The molecule has 3 heteroatoms. The summed E-state index contributed by atoms with van der Waals surface area (Å²) in [5.41, 5.74) is 3.00. The summed E-state index contributed by atoms with van der Waals surface area (Å²) in [5, 5.41) is 0. The van der Waals surface area contributed by atoms with Gasteiger partial charge in [-0.2, -0.15) is 0 Å². The van der Waals surface area contributed by atoms with Crippen molar-refractivity contribution in [2.24, 2.45) is 17.7 Å². The molecule has 0 radical (unpaired) electrons. The summed E-state index contributed by atoms with van der Waals surface area (Å²) in [6.07, 6.45) is 8.93. The molecule has 3 nitrogen and oxygen atoms in total. The molecule has 0 aromatic carbocycles. The molecule has 17 heavy (non-hydrogen) atoms. The summed E-state index contributed by atoms with van der Waals surface area (Å²) >= 11 is 0. The second-order valence-corrected chi connectivity index (χ2v) is 5.36. The first-order valence-corrected chi connectivity index (χ1v) is 7.35. The predicted octanol–water partition coefficient (Wildman–Crippen LogP) is 2.85. The minimum Gasteiger partial charge on any atom is -0.381 e. The highest BCUT2D eigenvalue weighted by atomic mass is 16.5. The summed E-state index contributed by atoms with van der Waals surface area (Å²) in [7, 11) is 0. The third kappa shape index (κ3) is 5.36. The van der Waals surface area contributed by atoms with Crippen LogP contribution in [-0.2, 0) is 4.74 Å². The lowest BCUT2D eigenvalue weighted by Crippen LogP contribution is -2.43. The molecule has 1 unspecified atom stereocenters. The van der Waals surface area contributed by atoms with Crippen LogP contribution in [0.25, 0.3) is 0 Å². The Morgan fingerprint density at radius 2 is 1.88 bits per heavy atom. The van der Waals surface area contributed by atoms with E-state index in [1.807, 2.05) is 0 Å². The van der Waals surface area contributed by atoms with E-state index in [2.05, 4.69) is 19.3 Å². The van der Waals surface area contributed by atoms with Crippen molar-refractivity contribution < 1.29 is 4.74 Å². The van der Waals surface area contributed by atoms with Gasteiger partial charge >= 0.3 is 0 Å². The zero-order valence-corrected chi connectivity index (χ0v) is 11.6. The van der Waals surface area contributed by atoms with Crippen LogP contribution in [0.3, 0.4) is 0 Å². The molecule has 0 saturated heterocycles. The second kappa shape index (κ2) is 8.90. The molecule has 1 rings (SSSR count). The number of nitrogens with one attached hydrogen (secondary N) is 1. The molecule has 0 bridgehead atoms. The monoisotopic (exact) mass is 242 g/mol. The average Bonchev–Trinajstić information content (AvgIpc) is 2.39. The molecule has 1 fully saturated rings. The van der Waals surface area contributed by atoms with Gasteiger partial charge in [0.15, 0.2) is 0 Å². The van der Waals surface area contributed by atoms with Crippen LogP contribution in [0.15, 0.2) is 0 Å². The third-order valence-corrected chi connectivity index (χ3v) is 4.17. The predicted molar refractivity (Wildman–Crippen MR) is 72.6 cm³/mol. The Bertz CT molecular complexity index is 179. The maximum Gasteiger partial charge on any atom is 0.0481 e. The van der Waals surface area contributed by atoms with Gasteiger partial charge in [0.1, 0.15) is 0 Å². The molecule has 0 amide bonds. The lowest BCUT2D eigenvalue weighted by atomic mass is 9.77. The van der Waals surface area contributed by atoms with E-state index in [4.69, 9.17) is 10.6 Å². The van der Waals surface area contributed by atoms with Crippen LogP contribution in [0.4, 0.5) is 0 Å². The van der Waals surface area contributed by atoms with Gasteiger partial charge in [-0.25, -0.2) is 0 Å². The highest BCUT2D eigenvalue weighted by Crippen LogP contribution is 2.33. The van der Waals surface area contributed by atoms with Crippen LogP contribution in [0.2, 0.25) is 0 Å². The standard InChI is InChI=1S/C14H30N2O/c1-3-10-17-11-9-14(16-15)13-7-5-12(4-2)6-8-13/h12-14,16H,3-11,15H2,1-2H3. The fourth-order valence-corrected chi connectivity index (χ4v) is 2.91. The van der Waals surface area contributed by atoms with Crippen LogP contribution < -0.4 is 11.3 Å². The number of hydrogen-bond acceptors (Lipinski definition) is 3. The zero-order valence-electron chi connectivity index (χ0n) is 11.6. The SMILES string of the molecule is CCCOCCC(NN)C1CCC(CC)CC1. The highest BCUT2D eigenvalue weighted by molar-refractivity contribution is 4.80. The van der Waals surface area contributed by atoms with Gasteiger partial charge in [0.2, 0.25) is 0 Å². The second-order valence-electron chi connectivity index (χ2n) is 5.36. The van der Waals surface area contributed by atoms with E-state index in [-0.39, 0.29) is 0 Å². The first-order valence-electron chi connectivity index (χ1n) is 7.35. The van der Waals surface area contributed by atoms with Crippen LogP contribution in [-0.4, -0.2) is 19.3 Å². The Kier molecular flexibility index (Phi) is 7.82. The molecule has 0 spiro atoms. The lowest BCUT2D eigenvalue weighted by Gasteiger charge is -2.33. The average molecular weight is 242 g/mol. The van der Waals surface area contributed by atoms with Crippen molar-refractivity contribution in [2.75, 3.05) is 13.2 Å². The summed E-state index contributed by atoms with van der Waals surface area (Å²) in [6, 6.07) is 0.449. The van der Waals surface area contributed by atoms with Crippen molar-refractivity contribution in [3.8, 4) is 0 Å². The molecule has 1 aliphatic rings. The Labute approximate surface area is 106 Å². The Hall–Kier alpha value is -0.120. The van der Waals surface area contributed by atoms with Gasteiger partial charge in [-0.3, -0.25) is 11.3 Å². The van der Waals surface area contributed by atoms with Gasteiger partial charge in [0.25, 0.3) is 0 Å². The normalized spacial score (nSPS) is 27.0. The van der Waals surface area contributed by atoms with Crippen molar-refractivity contribution in [1.82, 2.24) is 5.43 Å². The van der Waals surface area contributed by atoms with Crippen molar-refractivity contribution >= 4 is 0 Å². The van der Waals surface area contributed by atoms with Gasteiger partial charge < -0.3 is 4.74 Å². The van der Waals surface area contributed by atoms with Crippen molar-refractivity contribution in [1.29, 1.82) is 0 Å². The fraction of sp³-hybridized carbons (Fsp3) is 1.00. The first-order chi connectivity index (χ1) is 8.31. The number of rotatable bonds is 8. The van der Waals surface area contributed by atoms with E-state index in [1.165, 1.54) is 32.1 Å². The van der Waals surface area contributed by atoms with E-state index >= 15 is 0 Å². The molecule has 1 aliphatic carbocycles. The van der Waals surface area contributed by atoms with Crippen molar-refractivity contribution in [3.63, 3.8) is 0 Å². The molecule has 0 aliphatic heterocycles. The van der Waals surface area contributed by atoms with Gasteiger partial charge in [-0.05, 0) is 37.5 Å².